The van der Waals surface area contributed by atoms with Gasteiger partial charge in [0.2, 0.25) is 11.8 Å². The van der Waals surface area contributed by atoms with Crippen LogP contribution in [0.1, 0.15) is 28.2 Å². The number of rotatable bonds is 5. The number of aryl methyl sites for hydroxylation is 3. The van der Waals surface area contributed by atoms with Gasteiger partial charge in [-0.25, -0.2) is 4.98 Å². The lowest BCUT2D eigenvalue weighted by Crippen LogP contribution is -2.18. The number of carbonyl (C=O) groups is 1. The molecule has 0 radical (unpaired) electrons. The Kier molecular flexibility index (Phi) is 4.39. The first-order chi connectivity index (χ1) is 10.2. The number of nitrogens with two attached hydrogens (primary N) is 1. The Bertz CT molecular complexity index is 734. The van der Waals surface area contributed by atoms with Gasteiger partial charge < -0.3 is 25.1 Å². The maximum atomic E-state index is 11.4. The zero-order chi connectivity index (χ0) is 16.6. The molecule has 120 valence electrons. The summed E-state index contributed by atoms with van der Waals surface area (Å²) in [5, 5.41) is 18.0. The van der Waals surface area contributed by atoms with Crippen LogP contribution < -0.4 is 10.5 Å². The Balaban J connectivity index is 2.75. The van der Waals surface area contributed by atoms with Crippen LogP contribution in [0.2, 0.25) is 0 Å². The molecule has 0 spiro atoms. The molecule has 0 aliphatic carbocycles. The second-order valence-corrected chi connectivity index (χ2v) is 5.40. The number of fused-ring (bicyclic) bond motifs is 1. The normalized spacial score (nSPS) is 11.4. The molecule has 2 rings (SSSR count). The van der Waals surface area contributed by atoms with E-state index in [4.69, 9.17) is 20.7 Å². The highest BCUT2D eigenvalue weighted by atomic mass is 16.5. The van der Waals surface area contributed by atoms with E-state index in [9.17, 15) is 4.79 Å². The third kappa shape index (κ3) is 2.77. The first-order valence-corrected chi connectivity index (χ1v) is 6.99. The third-order valence-electron chi connectivity index (χ3n) is 3.89. The molecule has 7 heteroatoms. The molecular weight excluding hydrogens is 286 g/mol. The molecule has 0 saturated carbocycles. The smallest absolute Gasteiger partial charge is 0.239 e. The fourth-order valence-electron chi connectivity index (χ4n) is 2.60. The summed E-state index contributed by atoms with van der Waals surface area (Å²) < 4.78 is 7.39. The Labute approximate surface area is 128 Å². The lowest BCUT2D eigenvalue weighted by atomic mass is 10.1. The molecule has 7 nitrogen and oxygen atoms in total. The van der Waals surface area contributed by atoms with E-state index in [1.165, 1.54) is 0 Å². The van der Waals surface area contributed by atoms with Crippen molar-refractivity contribution in [2.45, 2.75) is 40.4 Å². The predicted molar refractivity (Wildman–Crippen MR) is 80.8 cm³/mol. The lowest BCUT2D eigenvalue weighted by molar-refractivity contribution is -0.117. The van der Waals surface area contributed by atoms with Gasteiger partial charge in [-0.3, -0.25) is 4.79 Å². The van der Waals surface area contributed by atoms with E-state index in [0.29, 0.717) is 5.52 Å². The molecule has 0 unspecified atom stereocenters. The van der Waals surface area contributed by atoms with Crippen LogP contribution in [0, 0.1) is 27.7 Å². The van der Waals surface area contributed by atoms with Crippen molar-refractivity contribution in [3.63, 3.8) is 0 Å². The van der Waals surface area contributed by atoms with Crippen LogP contribution in [0.25, 0.3) is 5.52 Å². The molecule has 2 heterocycles. The molecule has 0 atom stereocenters. The Morgan fingerprint density at radius 2 is 1.91 bits per heavy atom. The summed E-state index contributed by atoms with van der Waals surface area (Å²) in [4.78, 5) is 15.8. The summed E-state index contributed by atoms with van der Waals surface area (Å²) in [6.07, 6.45) is -1.52. The standard InChI is InChI=1S/C15H21N3O4/c1-7-9(3)18-10(4)8(2)17-15(22-6-13(20)21)14(18)11(7)5-12(16)19/h13,20-21H,5-6H2,1-4H3,(H2,16,19). The molecule has 0 bridgehead atoms. The highest BCUT2D eigenvalue weighted by Gasteiger charge is 2.21. The average Bonchev–Trinajstić information content (AvgIpc) is 2.66. The topological polar surface area (TPSA) is 110 Å². The maximum absolute atomic E-state index is 11.4. The van der Waals surface area contributed by atoms with Crippen molar-refractivity contribution >= 4 is 11.4 Å². The van der Waals surface area contributed by atoms with Crippen LogP contribution in [0.15, 0.2) is 0 Å². The number of hydrogen-bond donors (Lipinski definition) is 3. The molecule has 0 fully saturated rings. The second-order valence-electron chi connectivity index (χ2n) is 5.40. The number of nitrogens with zero attached hydrogens (tertiary/aromatic N) is 2. The van der Waals surface area contributed by atoms with Crippen LogP contribution in [-0.2, 0) is 11.2 Å². The average molecular weight is 307 g/mol. The van der Waals surface area contributed by atoms with Gasteiger partial charge in [-0.15, -0.1) is 0 Å². The van der Waals surface area contributed by atoms with Crippen molar-refractivity contribution < 1.29 is 19.7 Å². The van der Waals surface area contributed by atoms with Crippen LogP contribution in [0.5, 0.6) is 5.88 Å². The zero-order valence-corrected chi connectivity index (χ0v) is 13.2. The van der Waals surface area contributed by atoms with Gasteiger partial charge >= 0.3 is 0 Å². The minimum absolute atomic E-state index is 0.0748. The highest BCUT2D eigenvalue weighted by molar-refractivity contribution is 5.82. The summed E-state index contributed by atoms with van der Waals surface area (Å²) in [6.45, 7) is 7.34. The number of carbonyl (C=O) groups excluding carboxylic acids is 1. The summed E-state index contributed by atoms with van der Waals surface area (Å²) >= 11 is 0. The monoisotopic (exact) mass is 307 g/mol. The number of aliphatic hydroxyl groups excluding tert-OH is 1. The number of aromatic nitrogens is 2. The lowest BCUT2D eigenvalue weighted by Gasteiger charge is -2.13. The Morgan fingerprint density at radius 3 is 2.45 bits per heavy atom. The SMILES string of the molecule is Cc1nc(OCC(O)O)c2c(CC(N)=O)c(C)c(C)n2c1C. The van der Waals surface area contributed by atoms with Crippen LogP contribution in [0.4, 0.5) is 0 Å². The highest BCUT2D eigenvalue weighted by Crippen LogP contribution is 2.31. The Morgan fingerprint density at radius 1 is 1.27 bits per heavy atom. The summed E-state index contributed by atoms with van der Waals surface area (Å²) in [7, 11) is 0. The quantitative estimate of drug-likeness (QED) is 0.688. The van der Waals surface area contributed by atoms with Gasteiger partial charge in [0.05, 0.1) is 12.1 Å². The molecule has 0 aliphatic heterocycles. The third-order valence-corrected chi connectivity index (χ3v) is 3.89. The van der Waals surface area contributed by atoms with Crippen molar-refractivity contribution in [1.29, 1.82) is 0 Å². The molecule has 2 aromatic rings. The minimum Gasteiger partial charge on any atom is -0.471 e. The minimum atomic E-state index is -1.60. The summed E-state index contributed by atoms with van der Waals surface area (Å²) in [5.41, 5.74) is 10.4. The fourth-order valence-corrected chi connectivity index (χ4v) is 2.60. The van der Waals surface area contributed by atoms with Gasteiger partial charge in [0, 0.05) is 11.4 Å². The van der Waals surface area contributed by atoms with Gasteiger partial charge in [-0.2, -0.15) is 0 Å². The van der Waals surface area contributed by atoms with Crippen molar-refractivity contribution in [3.8, 4) is 5.88 Å². The zero-order valence-electron chi connectivity index (χ0n) is 13.2. The van der Waals surface area contributed by atoms with E-state index < -0.39 is 12.2 Å². The molecule has 22 heavy (non-hydrogen) atoms. The first-order valence-electron chi connectivity index (χ1n) is 6.99. The molecule has 4 N–H and O–H groups in total. The van der Waals surface area contributed by atoms with E-state index in [-0.39, 0.29) is 18.9 Å². The van der Waals surface area contributed by atoms with Gasteiger partial charge in [-0.05, 0) is 38.8 Å². The molecule has 1 amide bonds. The van der Waals surface area contributed by atoms with Crippen LogP contribution in [-0.4, -0.2) is 38.4 Å². The molecule has 0 saturated heterocycles. The second kappa shape index (κ2) is 5.94. The van der Waals surface area contributed by atoms with Gasteiger partial charge in [0.25, 0.3) is 0 Å². The molecular formula is C15H21N3O4. The van der Waals surface area contributed by atoms with Crippen molar-refractivity contribution in [2.75, 3.05) is 6.61 Å². The number of aliphatic hydroxyl groups is 2. The predicted octanol–water partition coefficient (Wildman–Crippen LogP) is 0.285. The van der Waals surface area contributed by atoms with E-state index in [1.54, 1.807) is 0 Å². The fraction of sp³-hybridized carbons (Fsp3) is 0.467. The van der Waals surface area contributed by atoms with E-state index in [0.717, 1.165) is 28.2 Å². The molecule has 0 aliphatic rings. The van der Waals surface area contributed by atoms with E-state index >= 15 is 0 Å². The Hall–Kier alpha value is -2.12. The van der Waals surface area contributed by atoms with Gasteiger partial charge in [0.1, 0.15) is 12.1 Å². The van der Waals surface area contributed by atoms with Crippen molar-refractivity contribution in [3.05, 3.63) is 28.2 Å². The number of amides is 1. The van der Waals surface area contributed by atoms with E-state index in [2.05, 4.69) is 4.98 Å². The largest absolute Gasteiger partial charge is 0.471 e. The molecule has 0 aromatic carbocycles. The van der Waals surface area contributed by atoms with Crippen LogP contribution >= 0.6 is 0 Å². The number of ether oxygens (including phenoxy) is 1. The first kappa shape index (κ1) is 16.3. The van der Waals surface area contributed by atoms with Gasteiger partial charge in [-0.1, -0.05) is 0 Å². The van der Waals surface area contributed by atoms with E-state index in [1.807, 2.05) is 32.1 Å². The number of hydrogen-bond acceptors (Lipinski definition) is 5. The summed E-state index contributed by atoms with van der Waals surface area (Å²) in [5.74, 6) is -0.175. The number of primary amides is 1. The van der Waals surface area contributed by atoms with Crippen molar-refractivity contribution in [1.82, 2.24) is 9.38 Å². The summed E-state index contributed by atoms with van der Waals surface area (Å²) in [6, 6.07) is 0. The van der Waals surface area contributed by atoms with Gasteiger partial charge in [0.15, 0.2) is 6.29 Å². The maximum Gasteiger partial charge on any atom is 0.239 e. The van der Waals surface area contributed by atoms with Crippen molar-refractivity contribution in [2.24, 2.45) is 5.73 Å². The van der Waals surface area contributed by atoms with Crippen LogP contribution in [0.3, 0.4) is 0 Å². The molecule has 2 aromatic heterocycles.